The number of benzene rings is 1. The van der Waals surface area contributed by atoms with Crippen LogP contribution in [-0.2, 0) is 26.4 Å². The Bertz CT molecular complexity index is 706. The summed E-state index contributed by atoms with van der Waals surface area (Å²) in [6.07, 6.45) is 1.60. The highest BCUT2D eigenvalue weighted by atomic mass is 35.5. The number of nitrogens with two attached hydrogens (primary N) is 1. The number of urea groups is 1. The molecule has 5 N–H and O–H groups in total. The third kappa shape index (κ3) is 4.58. The van der Waals surface area contributed by atoms with Crippen LogP contribution in [0, 0.1) is 5.92 Å². The van der Waals surface area contributed by atoms with Crippen LogP contribution in [0.15, 0.2) is 24.3 Å². The molecule has 1 aromatic carbocycles. The first kappa shape index (κ1) is 21.1. The molecule has 2 unspecified atom stereocenters. The molecule has 0 bridgehead atoms. The van der Waals surface area contributed by atoms with Gasteiger partial charge in [-0.1, -0.05) is 24.3 Å². The number of carbonyl (C=O) groups is 3. The van der Waals surface area contributed by atoms with Crippen LogP contribution in [-0.4, -0.2) is 37.1 Å². The van der Waals surface area contributed by atoms with Crippen molar-refractivity contribution in [3.63, 3.8) is 0 Å². The molecule has 8 nitrogen and oxygen atoms in total. The smallest absolute Gasteiger partial charge is 0.322 e. The van der Waals surface area contributed by atoms with Gasteiger partial charge in [-0.05, 0) is 36.8 Å². The summed E-state index contributed by atoms with van der Waals surface area (Å²) in [5.41, 5.74) is 6.54. The summed E-state index contributed by atoms with van der Waals surface area (Å²) in [6.45, 7) is 3.30. The first-order valence-corrected chi connectivity index (χ1v) is 8.74. The van der Waals surface area contributed by atoms with Gasteiger partial charge in [0.2, 0.25) is 5.91 Å². The Labute approximate surface area is 164 Å². The van der Waals surface area contributed by atoms with E-state index in [-0.39, 0.29) is 30.1 Å². The van der Waals surface area contributed by atoms with Gasteiger partial charge < -0.3 is 21.1 Å². The van der Waals surface area contributed by atoms with E-state index < -0.39 is 17.6 Å². The number of amides is 4. The third-order valence-electron chi connectivity index (χ3n) is 5.12. The number of imide groups is 1. The van der Waals surface area contributed by atoms with Crippen molar-refractivity contribution in [1.29, 1.82) is 0 Å². The van der Waals surface area contributed by atoms with Gasteiger partial charge in [0.25, 0.3) is 5.91 Å². The SMILES string of the molecule is CC1(c2ccc(CNC(=O)C(N)C3CCOCC3)cc2)NC(=O)NC1=O.Cl. The van der Waals surface area contributed by atoms with E-state index in [4.69, 9.17) is 10.5 Å². The summed E-state index contributed by atoms with van der Waals surface area (Å²) in [5, 5.41) is 7.71. The third-order valence-corrected chi connectivity index (χ3v) is 5.12. The van der Waals surface area contributed by atoms with Crippen LogP contribution in [0.5, 0.6) is 0 Å². The lowest BCUT2D eigenvalue weighted by Crippen LogP contribution is -2.46. The van der Waals surface area contributed by atoms with Gasteiger partial charge in [-0.3, -0.25) is 14.9 Å². The van der Waals surface area contributed by atoms with E-state index >= 15 is 0 Å². The fourth-order valence-corrected chi connectivity index (χ4v) is 3.30. The lowest BCUT2D eigenvalue weighted by Gasteiger charge is -2.26. The largest absolute Gasteiger partial charge is 0.381 e. The number of carbonyl (C=O) groups excluding carboxylic acids is 3. The van der Waals surface area contributed by atoms with Crippen molar-refractivity contribution in [1.82, 2.24) is 16.0 Å². The first-order valence-electron chi connectivity index (χ1n) is 8.74. The van der Waals surface area contributed by atoms with Gasteiger partial charge in [0.1, 0.15) is 5.54 Å². The maximum atomic E-state index is 12.2. The summed E-state index contributed by atoms with van der Waals surface area (Å²) in [7, 11) is 0. The zero-order chi connectivity index (χ0) is 18.7. The zero-order valence-electron chi connectivity index (χ0n) is 15.1. The van der Waals surface area contributed by atoms with E-state index in [1.54, 1.807) is 19.1 Å². The van der Waals surface area contributed by atoms with Crippen molar-refractivity contribution < 1.29 is 19.1 Å². The van der Waals surface area contributed by atoms with E-state index in [9.17, 15) is 14.4 Å². The zero-order valence-corrected chi connectivity index (χ0v) is 15.9. The molecule has 2 saturated heterocycles. The molecule has 2 fully saturated rings. The number of hydrogen-bond donors (Lipinski definition) is 4. The van der Waals surface area contributed by atoms with E-state index in [1.165, 1.54) is 0 Å². The highest BCUT2D eigenvalue weighted by Crippen LogP contribution is 2.24. The van der Waals surface area contributed by atoms with Crippen molar-refractivity contribution in [3.8, 4) is 0 Å². The van der Waals surface area contributed by atoms with Crippen molar-refractivity contribution >= 4 is 30.3 Å². The molecule has 0 aromatic heterocycles. The Morgan fingerprint density at radius 2 is 1.93 bits per heavy atom. The second-order valence-corrected chi connectivity index (χ2v) is 6.92. The Kier molecular flexibility index (Phi) is 6.80. The van der Waals surface area contributed by atoms with E-state index in [0.29, 0.717) is 25.3 Å². The quantitative estimate of drug-likeness (QED) is 0.541. The summed E-state index contributed by atoms with van der Waals surface area (Å²) in [6, 6.07) is 6.14. The second-order valence-electron chi connectivity index (χ2n) is 6.92. The van der Waals surface area contributed by atoms with Crippen LogP contribution in [0.4, 0.5) is 4.79 Å². The molecule has 2 aliphatic heterocycles. The number of rotatable bonds is 5. The van der Waals surface area contributed by atoms with Gasteiger partial charge in [0.05, 0.1) is 6.04 Å². The molecular formula is C18H25ClN4O4. The lowest BCUT2D eigenvalue weighted by atomic mass is 9.91. The monoisotopic (exact) mass is 396 g/mol. The molecule has 2 aliphatic rings. The van der Waals surface area contributed by atoms with E-state index in [2.05, 4.69) is 16.0 Å². The molecule has 2 heterocycles. The molecule has 0 spiro atoms. The van der Waals surface area contributed by atoms with Crippen LogP contribution in [0.2, 0.25) is 0 Å². The topological polar surface area (TPSA) is 123 Å². The highest BCUT2D eigenvalue weighted by molar-refractivity contribution is 6.07. The Hall–Kier alpha value is -2.16. The average molecular weight is 397 g/mol. The maximum Gasteiger partial charge on any atom is 0.322 e. The Morgan fingerprint density at radius 1 is 1.30 bits per heavy atom. The Morgan fingerprint density at radius 3 is 2.48 bits per heavy atom. The number of nitrogens with one attached hydrogen (secondary N) is 3. The van der Waals surface area contributed by atoms with Crippen LogP contribution < -0.4 is 21.7 Å². The van der Waals surface area contributed by atoms with Crippen LogP contribution in [0.25, 0.3) is 0 Å². The Balaban J connectivity index is 0.00000261. The van der Waals surface area contributed by atoms with Crippen molar-refractivity contribution in [3.05, 3.63) is 35.4 Å². The number of hydrogen-bond acceptors (Lipinski definition) is 5. The summed E-state index contributed by atoms with van der Waals surface area (Å²) in [5.74, 6) is -0.406. The molecule has 0 saturated carbocycles. The molecule has 3 rings (SSSR count). The average Bonchev–Trinajstić information content (AvgIpc) is 2.93. The van der Waals surface area contributed by atoms with Gasteiger partial charge in [-0.15, -0.1) is 12.4 Å². The minimum absolute atomic E-state index is 0. The molecule has 0 aliphatic carbocycles. The standard InChI is InChI=1S/C18H24N4O4.ClH/c1-18(16(24)21-17(25)22-18)13-4-2-11(3-5-13)10-20-15(23)14(19)12-6-8-26-9-7-12;/h2-5,12,14H,6-10,19H2,1H3,(H,20,23)(H2,21,22,24,25);1H. The summed E-state index contributed by atoms with van der Waals surface area (Å²) < 4.78 is 5.29. The molecule has 4 amide bonds. The molecule has 9 heteroatoms. The molecule has 2 atom stereocenters. The van der Waals surface area contributed by atoms with Crippen LogP contribution in [0.1, 0.15) is 30.9 Å². The summed E-state index contributed by atoms with van der Waals surface area (Å²) in [4.78, 5) is 35.6. The lowest BCUT2D eigenvalue weighted by molar-refractivity contribution is -0.124. The van der Waals surface area contributed by atoms with Crippen LogP contribution in [0.3, 0.4) is 0 Å². The first-order chi connectivity index (χ1) is 12.4. The summed E-state index contributed by atoms with van der Waals surface area (Å²) >= 11 is 0. The van der Waals surface area contributed by atoms with Crippen molar-refractivity contribution in [2.45, 2.75) is 37.9 Å². The van der Waals surface area contributed by atoms with Gasteiger partial charge in [-0.25, -0.2) is 4.79 Å². The molecule has 0 radical (unpaired) electrons. The minimum Gasteiger partial charge on any atom is -0.381 e. The van der Waals surface area contributed by atoms with E-state index in [0.717, 1.165) is 18.4 Å². The molecule has 27 heavy (non-hydrogen) atoms. The predicted molar refractivity (Wildman–Crippen MR) is 101 cm³/mol. The van der Waals surface area contributed by atoms with Crippen molar-refractivity contribution in [2.24, 2.45) is 11.7 Å². The molecule has 1 aromatic rings. The number of halogens is 1. The van der Waals surface area contributed by atoms with Gasteiger partial charge in [-0.2, -0.15) is 0 Å². The van der Waals surface area contributed by atoms with Gasteiger partial charge in [0, 0.05) is 19.8 Å². The molecule has 148 valence electrons. The fraction of sp³-hybridized carbons (Fsp3) is 0.500. The maximum absolute atomic E-state index is 12.2. The molecular weight excluding hydrogens is 372 g/mol. The normalized spacial score (nSPS) is 23.8. The second kappa shape index (κ2) is 8.69. The van der Waals surface area contributed by atoms with Gasteiger partial charge in [0.15, 0.2) is 0 Å². The van der Waals surface area contributed by atoms with Gasteiger partial charge >= 0.3 is 6.03 Å². The van der Waals surface area contributed by atoms with Crippen molar-refractivity contribution in [2.75, 3.05) is 13.2 Å². The highest BCUT2D eigenvalue weighted by Gasteiger charge is 2.43. The van der Waals surface area contributed by atoms with E-state index in [1.807, 2.05) is 12.1 Å². The fourth-order valence-electron chi connectivity index (χ4n) is 3.30. The minimum atomic E-state index is -1.08. The predicted octanol–water partition coefficient (Wildman–Crippen LogP) is 0.533. The van der Waals surface area contributed by atoms with Crippen LogP contribution >= 0.6 is 12.4 Å². The number of ether oxygens (including phenoxy) is 1.